The quantitative estimate of drug-likeness (QED) is 0.598. The summed E-state index contributed by atoms with van der Waals surface area (Å²) in [7, 11) is 0. The van der Waals surface area contributed by atoms with Crippen LogP contribution in [0.15, 0.2) is 24.5 Å². The average molecular weight is 348 g/mol. The summed E-state index contributed by atoms with van der Waals surface area (Å²) in [4.78, 5) is 14.6. The van der Waals surface area contributed by atoms with Crippen LogP contribution in [0.1, 0.15) is 36.0 Å². The number of aromatic nitrogens is 7. The third-order valence-corrected chi connectivity index (χ3v) is 5.11. The van der Waals surface area contributed by atoms with Crippen molar-refractivity contribution in [3.05, 3.63) is 41.7 Å². The van der Waals surface area contributed by atoms with Gasteiger partial charge in [0.25, 0.3) is 0 Å². The first-order chi connectivity index (χ1) is 12.7. The van der Waals surface area contributed by atoms with E-state index in [9.17, 15) is 0 Å². The molecule has 0 amide bonds. The van der Waals surface area contributed by atoms with E-state index in [1.54, 1.807) is 6.33 Å². The molecule has 0 spiro atoms. The maximum Gasteiger partial charge on any atom is 0.177 e. The van der Waals surface area contributed by atoms with Crippen molar-refractivity contribution in [3.8, 4) is 0 Å². The smallest absolute Gasteiger partial charge is 0.177 e. The lowest BCUT2D eigenvalue weighted by atomic mass is 9.96. The third kappa shape index (κ3) is 2.40. The van der Waals surface area contributed by atoms with Gasteiger partial charge in [-0.3, -0.25) is 0 Å². The fraction of sp³-hybridized carbons (Fsp3) is 0.389. The molecular formula is C18H20N8. The molecule has 0 aliphatic carbocycles. The molecule has 0 unspecified atom stereocenters. The minimum absolute atomic E-state index is 0.359. The molecule has 5 rings (SSSR count). The van der Waals surface area contributed by atoms with Gasteiger partial charge in [-0.15, -0.1) is 10.2 Å². The van der Waals surface area contributed by atoms with Crippen molar-refractivity contribution in [2.75, 3.05) is 18.0 Å². The Bertz CT molecular complexity index is 1090. The standard InChI is InChI=1S/C18H20N8/c1-11-3-4-15-22-23-17(26(15)24-11)13-5-7-25(8-6-13)18-16-14(19-10-20-18)9-12(2)21-16/h3-4,9-10,13,21H,5-8H2,1-2H3. The third-order valence-electron chi connectivity index (χ3n) is 5.11. The highest BCUT2D eigenvalue weighted by Crippen LogP contribution is 2.31. The van der Waals surface area contributed by atoms with Crippen LogP contribution in [0.25, 0.3) is 16.7 Å². The van der Waals surface area contributed by atoms with E-state index >= 15 is 0 Å². The molecule has 1 fully saturated rings. The number of anilines is 1. The summed E-state index contributed by atoms with van der Waals surface area (Å²) >= 11 is 0. The summed E-state index contributed by atoms with van der Waals surface area (Å²) in [6.45, 7) is 5.89. The molecule has 0 bridgehead atoms. The highest BCUT2D eigenvalue weighted by Gasteiger charge is 2.26. The van der Waals surface area contributed by atoms with Crippen LogP contribution < -0.4 is 4.90 Å². The molecule has 1 aliphatic heterocycles. The Balaban J connectivity index is 1.41. The summed E-state index contributed by atoms with van der Waals surface area (Å²) < 4.78 is 1.90. The van der Waals surface area contributed by atoms with Crippen molar-refractivity contribution in [3.63, 3.8) is 0 Å². The van der Waals surface area contributed by atoms with Crippen LogP contribution in [-0.4, -0.2) is 47.9 Å². The van der Waals surface area contributed by atoms with Crippen LogP contribution in [0.5, 0.6) is 0 Å². The highest BCUT2D eigenvalue weighted by atomic mass is 15.4. The number of rotatable bonds is 2. The summed E-state index contributed by atoms with van der Waals surface area (Å²) in [6, 6.07) is 6.00. The summed E-state index contributed by atoms with van der Waals surface area (Å²) in [5.41, 5.74) is 4.88. The molecule has 0 atom stereocenters. The predicted octanol–water partition coefficient (Wildman–Crippen LogP) is 2.40. The second kappa shape index (κ2) is 5.76. The molecule has 5 heterocycles. The minimum Gasteiger partial charge on any atom is -0.355 e. The van der Waals surface area contributed by atoms with Gasteiger partial charge in [0, 0.05) is 24.7 Å². The Morgan fingerprint density at radius 2 is 1.92 bits per heavy atom. The number of nitrogens with zero attached hydrogens (tertiary/aromatic N) is 7. The second-order valence-electron chi connectivity index (χ2n) is 6.97. The predicted molar refractivity (Wildman–Crippen MR) is 98.3 cm³/mol. The molecule has 0 aromatic carbocycles. The van der Waals surface area contributed by atoms with Crippen LogP contribution in [0.4, 0.5) is 5.82 Å². The van der Waals surface area contributed by atoms with Gasteiger partial charge in [-0.1, -0.05) is 0 Å². The molecule has 8 nitrogen and oxygen atoms in total. The SMILES string of the molecule is Cc1ccc2nnc(C3CCN(c4ncnc5cc(C)[nH]c45)CC3)n2n1. The lowest BCUT2D eigenvalue weighted by Crippen LogP contribution is -2.34. The lowest BCUT2D eigenvalue weighted by molar-refractivity contribution is 0.475. The van der Waals surface area contributed by atoms with Gasteiger partial charge in [-0.25, -0.2) is 9.97 Å². The molecule has 8 heteroatoms. The van der Waals surface area contributed by atoms with Crippen molar-refractivity contribution < 1.29 is 0 Å². The van der Waals surface area contributed by atoms with E-state index in [4.69, 9.17) is 0 Å². The Kier molecular flexibility index (Phi) is 3.37. The first-order valence-corrected chi connectivity index (χ1v) is 8.93. The molecule has 1 N–H and O–H groups in total. The Hall–Kier alpha value is -3.03. The van der Waals surface area contributed by atoms with E-state index in [1.165, 1.54) is 0 Å². The van der Waals surface area contributed by atoms with Gasteiger partial charge in [0.2, 0.25) is 0 Å². The largest absolute Gasteiger partial charge is 0.355 e. The minimum atomic E-state index is 0.359. The zero-order chi connectivity index (χ0) is 17.7. The van der Waals surface area contributed by atoms with Gasteiger partial charge in [-0.05, 0) is 44.9 Å². The normalized spacial score (nSPS) is 16.0. The van der Waals surface area contributed by atoms with Crippen molar-refractivity contribution >= 4 is 22.5 Å². The number of nitrogens with one attached hydrogen (secondary N) is 1. The van der Waals surface area contributed by atoms with Crippen LogP contribution >= 0.6 is 0 Å². The van der Waals surface area contributed by atoms with E-state index in [0.717, 1.165) is 65.6 Å². The van der Waals surface area contributed by atoms with Crippen molar-refractivity contribution in [1.82, 2.24) is 34.8 Å². The number of hydrogen-bond donors (Lipinski definition) is 1. The molecule has 132 valence electrons. The van der Waals surface area contributed by atoms with Crippen LogP contribution in [0.2, 0.25) is 0 Å². The average Bonchev–Trinajstić information content (AvgIpc) is 3.23. The van der Waals surface area contributed by atoms with Crippen LogP contribution in [0.3, 0.4) is 0 Å². The number of fused-ring (bicyclic) bond motifs is 2. The first kappa shape index (κ1) is 15.2. The van der Waals surface area contributed by atoms with E-state index in [2.05, 4.69) is 41.2 Å². The second-order valence-corrected chi connectivity index (χ2v) is 6.97. The van der Waals surface area contributed by atoms with Crippen molar-refractivity contribution in [2.45, 2.75) is 32.6 Å². The Morgan fingerprint density at radius 3 is 2.77 bits per heavy atom. The fourth-order valence-corrected chi connectivity index (χ4v) is 3.80. The van der Waals surface area contributed by atoms with Crippen LogP contribution in [-0.2, 0) is 0 Å². The Labute approximate surface area is 150 Å². The maximum absolute atomic E-state index is 4.58. The molecule has 4 aromatic heterocycles. The van der Waals surface area contributed by atoms with Gasteiger partial charge in [0.05, 0.1) is 11.2 Å². The van der Waals surface area contributed by atoms with E-state index in [0.29, 0.717) is 5.92 Å². The topological polar surface area (TPSA) is 87.9 Å². The molecule has 0 radical (unpaired) electrons. The number of aromatic amines is 1. The zero-order valence-corrected chi connectivity index (χ0v) is 14.8. The van der Waals surface area contributed by atoms with Gasteiger partial charge in [-0.2, -0.15) is 9.61 Å². The highest BCUT2D eigenvalue weighted by molar-refractivity contribution is 5.86. The zero-order valence-electron chi connectivity index (χ0n) is 14.8. The van der Waals surface area contributed by atoms with Gasteiger partial charge >= 0.3 is 0 Å². The van der Waals surface area contributed by atoms with E-state index in [1.807, 2.05) is 30.5 Å². The molecule has 1 aliphatic rings. The van der Waals surface area contributed by atoms with Crippen LogP contribution in [0, 0.1) is 13.8 Å². The van der Waals surface area contributed by atoms with E-state index < -0.39 is 0 Å². The number of hydrogen-bond acceptors (Lipinski definition) is 6. The first-order valence-electron chi connectivity index (χ1n) is 8.93. The summed E-state index contributed by atoms with van der Waals surface area (Å²) in [6.07, 6.45) is 3.65. The molecule has 4 aromatic rings. The monoisotopic (exact) mass is 348 g/mol. The number of aryl methyl sites for hydroxylation is 2. The number of piperidine rings is 1. The van der Waals surface area contributed by atoms with E-state index in [-0.39, 0.29) is 0 Å². The summed E-state index contributed by atoms with van der Waals surface area (Å²) in [5.74, 6) is 2.31. The van der Waals surface area contributed by atoms with Gasteiger partial charge in [0.1, 0.15) is 11.8 Å². The fourth-order valence-electron chi connectivity index (χ4n) is 3.80. The van der Waals surface area contributed by atoms with Crippen molar-refractivity contribution in [1.29, 1.82) is 0 Å². The van der Waals surface area contributed by atoms with Gasteiger partial charge in [0.15, 0.2) is 17.3 Å². The molecule has 26 heavy (non-hydrogen) atoms. The molecule has 1 saturated heterocycles. The Morgan fingerprint density at radius 1 is 1.08 bits per heavy atom. The number of H-pyrrole nitrogens is 1. The molecular weight excluding hydrogens is 328 g/mol. The van der Waals surface area contributed by atoms with Gasteiger partial charge < -0.3 is 9.88 Å². The maximum atomic E-state index is 4.58. The summed E-state index contributed by atoms with van der Waals surface area (Å²) in [5, 5.41) is 13.3. The lowest BCUT2D eigenvalue weighted by Gasteiger charge is -2.32. The molecule has 0 saturated carbocycles. The van der Waals surface area contributed by atoms with Crippen molar-refractivity contribution in [2.24, 2.45) is 0 Å².